The average molecular weight is 183 g/mol. The van der Waals surface area contributed by atoms with Crippen LogP contribution < -0.4 is 0 Å². The number of rotatable bonds is 0. The van der Waals surface area contributed by atoms with E-state index in [1.165, 1.54) is 0 Å². The van der Waals surface area contributed by atoms with Gasteiger partial charge in [0.05, 0.1) is 0 Å². The number of nitrogens with zero attached hydrogens (tertiary/aromatic N) is 2. The predicted octanol–water partition coefficient (Wildman–Crippen LogP) is 0.955. The van der Waals surface area contributed by atoms with Gasteiger partial charge in [-0.15, -0.1) is 0 Å². The Hall–Kier alpha value is -0.861. The summed E-state index contributed by atoms with van der Waals surface area (Å²) in [5.74, 6) is 0. The summed E-state index contributed by atoms with van der Waals surface area (Å²) >= 11 is 0. The van der Waals surface area contributed by atoms with Gasteiger partial charge in [0, 0.05) is 17.1 Å². The normalized spacial score (nSPS) is 9.20. The van der Waals surface area contributed by atoms with Gasteiger partial charge in [-0.25, -0.2) is 0 Å². The van der Waals surface area contributed by atoms with E-state index in [1.807, 2.05) is 24.3 Å². The number of para-hydroxylation sites is 2. The number of nitrogens with one attached hydrogen (secondary N) is 1. The van der Waals surface area contributed by atoms with Gasteiger partial charge < -0.3 is 0 Å². The minimum atomic E-state index is 0. The van der Waals surface area contributed by atoms with Crippen molar-refractivity contribution in [2.75, 3.05) is 0 Å². The molecule has 0 amide bonds. The Morgan fingerprint density at radius 1 is 1.00 bits per heavy atom. The molecule has 0 unspecified atom stereocenters. The van der Waals surface area contributed by atoms with Gasteiger partial charge in [0.15, 0.2) is 0 Å². The molecule has 0 bridgehead atoms. The number of hydrogen-bond donors (Lipinski definition) is 1. The van der Waals surface area contributed by atoms with E-state index in [0.29, 0.717) is 0 Å². The Kier molecular flexibility index (Phi) is 2.04. The second-order valence-electron chi connectivity index (χ2n) is 1.81. The van der Waals surface area contributed by atoms with E-state index >= 15 is 0 Å². The number of hydrogen-bond acceptors (Lipinski definition) is 2. The van der Waals surface area contributed by atoms with Crippen LogP contribution in [0, 0.1) is 0 Å². The third-order valence-corrected chi connectivity index (χ3v) is 1.22. The topological polar surface area (TPSA) is 41.6 Å². The molecule has 1 radical (unpaired) electrons. The maximum atomic E-state index is 3.88. The minimum Gasteiger partial charge on any atom is -0.197 e. The molecule has 4 heteroatoms. The molecular weight excluding hydrogens is 178 g/mol. The summed E-state index contributed by atoms with van der Waals surface area (Å²) in [4.78, 5) is 0. The van der Waals surface area contributed by atoms with Gasteiger partial charge in [-0.3, -0.25) is 0 Å². The standard InChI is InChI=1S/C6H5N3.Cu/c1-2-4-6-5(3-1)7-9-8-6;/h1-4H,(H,7,8,9);. The maximum absolute atomic E-state index is 3.88. The Balaban J connectivity index is 0.000000500. The molecule has 55 valence electrons. The van der Waals surface area contributed by atoms with Crippen LogP contribution in [0.2, 0.25) is 0 Å². The first kappa shape index (κ1) is 7.25. The molecule has 0 aliphatic rings. The van der Waals surface area contributed by atoms with Crippen molar-refractivity contribution in [2.24, 2.45) is 0 Å². The zero-order valence-corrected chi connectivity index (χ0v) is 5.95. The van der Waals surface area contributed by atoms with E-state index in [1.54, 1.807) is 0 Å². The Bertz CT molecular complexity index is 287. The first-order valence-electron chi connectivity index (χ1n) is 2.72. The molecule has 0 aliphatic carbocycles. The summed E-state index contributed by atoms with van der Waals surface area (Å²) in [6.07, 6.45) is 0. The Labute approximate surface area is 68.3 Å². The fourth-order valence-corrected chi connectivity index (χ4v) is 0.786. The van der Waals surface area contributed by atoms with Crippen molar-refractivity contribution in [2.45, 2.75) is 0 Å². The molecule has 3 nitrogen and oxygen atoms in total. The van der Waals surface area contributed by atoms with Crippen LogP contribution >= 0.6 is 0 Å². The molecule has 0 saturated carbocycles. The van der Waals surface area contributed by atoms with Crippen LogP contribution in [0.15, 0.2) is 24.3 Å². The van der Waals surface area contributed by atoms with Crippen molar-refractivity contribution in [3.05, 3.63) is 24.3 Å². The number of aromatic amines is 1. The summed E-state index contributed by atoms with van der Waals surface area (Å²) < 4.78 is 0. The van der Waals surface area contributed by atoms with Crippen molar-refractivity contribution < 1.29 is 17.1 Å². The number of H-pyrrole nitrogens is 1. The summed E-state index contributed by atoms with van der Waals surface area (Å²) in [5, 5.41) is 10.3. The van der Waals surface area contributed by atoms with Crippen LogP contribution in [-0.2, 0) is 17.1 Å². The second kappa shape index (κ2) is 2.82. The molecule has 1 N–H and O–H groups in total. The van der Waals surface area contributed by atoms with E-state index in [4.69, 9.17) is 0 Å². The van der Waals surface area contributed by atoms with Crippen LogP contribution in [-0.4, -0.2) is 15.4 Å². The van der Waals surface area contributed by atoms with Gasteiger partial charge in [-0.05, 0) is 12.1 Å². The summed E-state index contributed by atoms with van der Waals surface area (Å²) in [6.45, 7) is 0. The van der Waals surface area contributed by atoms with Crippen LogP contribution in [0.3, 0.4) is 0 Å². The van der Waals surface area contributed by atoms with Crippen molar-refractivity contribution in [1.82, 2.24) is 15.4 Å². The van der Waals surface area contributed by atoms with Gasteiger partial charge in [-0.1, -0.05) is 12.1 Å². The van der Waals surface area contributed by atoms with Gasteiger partial charge in [0.1, 0.15) is 11.0 Å². The largest absolute Gasteiger partial charge is 0.197 e. The summed E-state index contributed by atoms with van der Waals surface area (Å²) in [7, 11) is 0. The van der Waals surface area contributed by atoms with Gasteiger partial charge in [0.2, 0.25) is 0 Å². The van der Waals surface area contributed by atoms with Gasteiger partial charge in [0.25, 0.3) is 0 Å². The molecule has 10 heavy (non-hydrogen) atoms. The number of fused-ring (bicyclic) bond motifs is 1. The van der Waals surface area contributed by atoms with Crippen molar-refractivity contribution in [3.8, 4) is 0 Å². The molecule has 1 aromatic carbocycles. The SMILES string of the molecule is [Cu].c1ccc2n[nH]nc2c1. The van der Waals surface area contributed by atoms with E-state index in [2.05, 4.69) is 15.4 Å². The van der Waals surface area contributed by atoms with Crippen LogP contribution in [0.4, 0.5) is 0 Å². The first-order chi connectivity index (χ1) is 4.47. The van der Waals surface area contributed by atoms with E-state index in [0.717, 1.165) is 11.0 Å². The van der Waals surface area contributed by atoms with E-state index < -0.39 is 0 Å². The molecule has 0 fully saturated rings. The molecular formula is C6H5CuN3. The van der Waals surface area contributed by atoms with E-state index in [-0.39, 0.29) is 17.1 Å². The number of benzene rings is 1. The third-order valence-electron chi connectivity index (χ3n) is 1.22. The minimum absolute atomic E-state index is 0. The predicted molar refractivity (Wildman–Crippen MR) is 33.9 cm³/mol. The summed E-state index contributed by atoms with van der Waals surface area (Å²) in [5.41, 5.74) is 1.83. The monoisotopic (exact) mass is 182 g/mol. The zero-order chi connectivity index (χ0) is 6.10. The molecule has 0 atom stereocenters. The molecule has 0 aliphatic heterocycles. The molecule has 0 saturated heterocycles. The molecule has 2 rings (SSSR count). The smallest absolute Gasteiger partial charge is 0.112 e. The van der Waals surface area contributed by atoms with E-state index in [9.17, 15) is 0 Å². The van der Waals surface area contributed by atoms with Gasteiger partial charge >= 0.3 is 0 Å². The summed E-state index contributed by atoms with van der Waals surface area (Å²) in [6, 6.07) is 7.70. The van der Waals surface area contributed by atoms with Crippen LogP contribution in [0.1, 0.15) is 0 Å². The third kappa shape index (κ3) is 1.03. The molecule has 0 spiro atoms. The van der Waals surface area contributed by atoms with Crippen LogP contribution in [0.5, 0.6) is 0 Å². The van der Waals surface area contributed by atoms with Crippen LogP contribution in [0.25, 0.3) is 11.0 Å². The maximum Gasteiger partial charge on any atom is 0.112 e. The zero-order valence-electron chi connectivity index (χ0n) is 5.01. The van der Waals surface area contributed by atoms with Gasteiger partial charge in [-0.2, -0.15) is 15.4 Å². The quantitative estimate of drug-likeness (QED) is 0.617. The molecule has 1 aromatic heterocycles. The fourth-order valence-electron chi connectivity index (χ4n) is 0.786. The second-order valence-corrected chi connectivity index (χ2v) is 1.81. The molecule has 1 heterocycles. The van der Waals surface area contributed by atoms with Crippen molar-refractivity contribution in [1.29, 1.82) is 0 Å². The fraction of sp³-hybridized carbons (Fsp3) is 0. The first-order valence-corrected chi connectivity index (χ1v) is 2.72. The molecule has 2 aromatic rings. The average Bonchev–Trinajstić information content (AvgIpc) is 2.33. The Morgan fingerprint density at radius 2 is 1.50 bits per heavy atom. The van der Waals surface area contributed by atoms with Crippen molar-refractivity contribution >= 4 is 11.0 Å². The Morgan fingerprint density at radius 3 is 2.00 bits per heavy atom. The van der Waals surface area contributed by atoms with Crippen molar-refractivity contribution in [3.63, 3.8) is 0 Å². The number of aromatic nitrogens is 3.